The molecular formula is C27H31FN2O4S. The summed E-state index contributed by atoms with van der Waals surface area (Å²) >= 11 is 0. The van der Waals surface area contributed by atoms with Crippen LogP contribution in [0.1, 0.15) is 30.4 Å². The average Bonchev–Trinajstić information content (AvgIpc) is 2.85. The van der Waals surface area contributed by atoms with E-state index < -0.39 is 21.7 Å². The zero-order valence-corrected chi connectivity index (χ0v) is 20.4. The minimum Gasteiger partial charge on any atom is -0.494 e. The fourth-order valence-electron chi connectivity index (χ4n) is 3.48. The number of aryl methyl sites for hydroxylation is 2. The number of carbonyl (C=O) groups is 1. The molecule has 0 saturated carbocycles. The first-order chi connectivity index (χ1) is 16.9. The number of halogens is 1. The Morgan fingerprint density at radius 1 is 0.800 bits per heavy atom. The molecule has 0 spiro atoms. The van der Waals surface area contributed by atoms with Gasteiger partial charge in [-0.25, -0.2) is 17.5 Å². The Morgan fingerprint density at radius 3 is 2.17 bits per heavy atom. The predicted molar refractivity (Wildman–Crippen MR) is 134 cm³/mol. The molecule has 0 unspecified atom stereocenters. The van der Waals surface area contributed by atoms with Crippen molar-refractivity contribution in [1.82, 2.24) is 10.0 Å². The molecule has 0 aliphatic rings. The molecule has 8 heteroatoms. The lowest BCUT2D eigenvalue weighted by molar-refractivity contribution is -0.119. The lowest BCUT2D eigenvalue weighted by Crippen LogP contribution is -2.33. The SMILES string of the molecule is O=C(CCNCCCc1ccc(OCCCc2ccccc2)cc1)NS(=O)(=O)c1ccc(F)cc1. The van der Waals surface area contributed by atoms with Gasteiger partial charge in [-0.15, -0.1) is 0 Å². The van der Waals surface area contributed by atoms with Crippen molar-refractivity contribution >= 4 is 15.9 Å². The Morgan fingerprint density at radius 2 is 1.46 bits per heavy atom. The van der Waals surface area contributed by atoms with Gasteiger partial charge < -0.3 is 10.1 Å². The van der Waals surface area contributed by atoms with Gasteiger partial charge >= 0.3 is 0 Å². The summed E-state index contributed by atoms with van der Waals surface area (Å²) in [6, 6.07) is 22.7. The molecule has 3 aromatic carbocycles. The molecule has 35 heavy (non-hydrogen) atoms. The summed E-state index contributed by atoms with van der Waals surface area (Å²) in [6.45, 7) is 1.74. The molecule has 2 N–H and O–H groups in total. The summed E-state index contributed by atoms with van der Waals surface area (Å²) in [7, 11) is -3.99. The molecule has 0 aliphatic carbocycles. The molecule has 3 aromatic rings. The number of rotatable bonds is 14. The van der Waals surface area contributed by atoms with Crippen molar-refractivity contribution in [2.24, 2.45) is 0 Å². The molecule has 0 aromatic heterocycles. The average molecular weight is 499 g/mol. The Labute approximate surface area is 206 Å². The highest BCUT2D eigenvalue weighted by molar-refractivity contribution is 7.90. The summed E-state index contributed by atoms with van der Waals surface area (Å²) < 4.78 is 45.0. The van der Waals surface area contributed by atoms with Gasteiger partial charge in [-0.1, -0.05) is 42.5 Å². The van der Waals surface area contributed by atoms with Crippen molar-refractivity contribution in [2.45, 2.75) is 37.0 Å². The van der Waals surface area contributed by atoms with Crippen LogP contribution in [0.15, 0.2) is 83.8 Å². The number of ether oxygens (including phenoxy) is 1. The zero-order valence-electron chi connectivity index (χ0n) is 19.6. The number of nitrogens with one attached hydrogen (secondary N) is 2. The maximum absolute atomic E-state index is 12.9. The van der Waals surface area contributed by atoms with E-state index in [-0.39, 0.29) is 11.3 Å². The van der Waals surface area contributed by atoms with Gasteiger partial charge in [0.15, 0.2) is 0 Å². The van der Waals surface area contributed by atoms with E-state index in [4.69, 9.17) is 4.74 Å². The second kappa shape index (κ2) is 13.6. The molecule has 186 valence electrons. The van der Waals surface area contributed by atoms with E-state index in [9.17, 15) is 17.6 Å². The Bertz CT molecular complexity index is 1150. The molecule has 0 bridgehead atoms. The lowest BCUT2D eigenvalue weighted by Gasteiger charge is -2.09. The Balaban J connectivity index is 1.25. The molecule has 0 saturated heterocycles. The second-order valence-electron chi connectivity index (χ2n) is 8.17. The van der Waals surface area contributed by atoms with Crippen molar-refractivity contribution in [3.05, 3.63) is 95.8 Å². The van der Waals surface area contributed by atoms with E-state index in [2.05, 4.69) is 29.6 Å². The third kappa shape index (κ3) is 9.50. The summed E-state index contributed by atoms with van der Waals surface area (Å²) in [5.41, 5.74) is 2.52. The molecule has 0 aliphatic heterocycles. The van der Waals surface area contributed by atoms with Gasteiger partial charge in [0.05, 0.1) is 11.5 Å². The van der Waals surface area contributed by atoms with Crippen LogP contribution in [-0.4, -0.2) is 34.0 Å². The van der Waals surface area contributed by atoms with Crippen LogP contribution in [0, 0.1) is 5.82 Å². The number of benzene rings is 3. The third-order valence-corrected chi connectivity index (χ3v) is 6.75. The molecule has 0 fully saturated rings. The minimum atomic E-state index is -3.99. The Hall–Kier alpha value is -3.23. The standard InChI is InChI=1S/C27H31FN2O4S/c28-24-12-16-26(17-13-24)35(32,33)30-27(31)18-20-29-19-4-8-23-10-14-25(15-11-23)34-21-5-9-22-6-2-1-3-7-22/h1-3,6-7,10-17,29H,4-5,8-9,18-21H2,(H,30,31). The van der Waals surface area contributed by atoms with Gasteiger partial charge in [0.1, 0.15) is 11.6 Å². The van der Waals surface area contributed by atoms with Crippen molar-refractivity contribution in [3.8, 4) is 5.75 Å². The fraction of sp³-hybridized carbons (Fsp3) is 0.296. The number of hydrogen-bond acceptors (Lipinski definition) is 5. The number of carbonyl (C=O) groups excluding carboxylic acids is 1. The quantitative estimate of drug-likeness (QED) is 0.325. The number of sulfonamides is 1. The van der Waals surface area contributed by atoms with Gasteiger partial charge in [-0.3, -0.25) is 4.79 Å². The van der Waals surface area contributed by atoms with Gasteiger partial charge in [-0.2, -0.15) is 0 Å². The van der Waals surface area contributed by atoms with Gasteiger partial charge in [0, 0.05) is 13.0 Å². The molecule has 3 rings (SSSR count). The highest BCUT2D eigenvalue weighted by Gasteiger charge is 2.17. The second-order valence-corrected chi connectivity index (χ2v) is 9.85. The van der Waals surface area contributed by atoms with Crippen LogP contribution in [0.2, 0.25) is 0 Å². The van der Waals surface area contributed by atoms with Crippen LogP contribution in [0.3, 0.4) is 0 Å². The zero-order chi connectivity index (χ0) is 24.9. The highest BCUT2D eigenvalue weighted by Crippen LogP contribution is 2.14. The minimum absolute atomic E-state index is 0.0245. The maximum atomic E-state index is 12.9. The topological polar surface area (TPSA) is 84.5 Å². The van der Waals surface area contributed by atoms with Crippen molar-refractivity contribution in [2.75, 3.05) is 19.7 Å². The van der Waals surface area contributed by atoms with E-state index in [1.165, 1.54) is 11.1 Å². The van der Waals surface area contributed by atoms with Crippen LogP contribution in [0.5, 0.6) is 5.75 Å². The fourth-order valence-corrected chi connectivity index (χ4v) is 4.50. The van der Waals surface area contributed by atoms with E-state index in [1.807, 2.05) is 35.1 Å². The first kappa shape index (κ1) is 26.4. The largest absolute Gasteiger partial charge is 0.494 e. The molecule has 0 heterocycles. The van der Waals surface area contributed by atoms with Crippen molar-refractivity contribution in [3.63, 3.8) is 0 Å². The van der Waals surface area contributed by atoms with E-state index in [0.29, 0.717) is 19.7 Å². The summed E-state index contributed by atoms with van der Waals surface area (Å²) in [5.74, 6) is -0.291. The summed E-state index contributed by atoms with van der Waals surface area (Å²) in [5, 5.41) is 3.15. The van der Waals surface area contributed by atoms with Gasteiger partial charge in [0.25, 0.3) is 10.0 Å². The van der Waals surface area contributed by atoms with E-state index in [0.717, 1.165) is 55.7 Å². The monoisotopic (exact) mass is 498 g/mol. The number of hydrogen-bond donors (Lipinski definition) is 2. The molecule has 6 nitrogen and oxygen atoms in total. The first-order valence-electron chi connectivity index (χ1n) is 11.7. The van der Waals surface area contributed by atoms with Crippen molar-refractivity contribution < 1.29 is 22.3 Å². The van der Waals surface area contributed by atoms with Crippen LogP contribution in [0.4, 0.5) is 4.39 Å². The van der Waals surface area contributed by atoms with Crippen LogP contribution >= 0.6 is 0 Å². The lowest BCUT2D eigenvalue weighted by atomic mass is 10.1. The first-order valence-corrected chi connectivity index (χ1v) is 13.2. The normalized spacial score (nSPS) is 11.2. The van der Waals surface area contributed by atoms with E-state index >= 15 is 0 Å². The van der Waals surface area contributed by atoms with E-state index in [1.54, 1.807) is 0 Å². The smallest absolute Gasteiger partial charge is 0.264 e. The maximum Gasteiger partial charge on any atom is 0.264 e. The van der Waals surface area contributed by atoms with Gasteiger partial charge in [-0.05, 0) is 79.8 Å². The van der Waals surface area contributed by atoms with Crippen LogP contribution in [-0.2, 0) is 27.7 Å². The molecule has 0 radical (unpaired) electrons. The third-order valence-electron chi connectivity index (χ3n) is 5.36. The highest BCUT2D eigenvalue weighted by atomic mass is 32.2. The summed E-state index contributed by atoms with van der Waals surface area (Å²) in [6.07, 6.45) is 3.75. The molecule has 0 atom stereocenters. The number of amides is 1. The van der Waals surface area contributed by atoms with Crippen molar-refractivity contribution in [1.29, 1.82) is 0 Å². The Kier molecular flexibility index (Phi) is 10.3. The predicted octanol–water partition coefficient (Wildman–Crippen LogP) is 4.25. The summed E-state index contributed by atoms with van der Waals surface area (Å²) in [4.78, 5) is 11.8. The van der Waals surface area contributed by atoms with Crippen LogP contribution in [0.25, 0.3) is 0 Å². The van der Waals surface area contributed by atoms with Gasteiger partial charge in [0.2, 0.25) is 5.91 Å². The van der Waals surface area contributed by atoms with Crippen LogP contribution < -0.4 is 14.8 Å². The molecule has 1 amide bonds. The molecular weight excluding hydrogens is 467 g/mol.